The number of hydrogen-bond donors (Lipinski definition) is 2. The van der Waals surface area contributed by atoms with Gasteiger partial charge in [-0.25, -0.2) is 9.18 Å². The second kappa shape index (κ2) is 25.6. The quantitative estimate of drug-likeness (QED) is 0.0485. The van der Waals surface area contributed by atoms with Crippen LogP contribution in [0.5, 0.6) is 17.5 Å². The number of piperazine rings is 1. The van der Waals surface area contributed by atoms with Gasteiger partial charge in [-0.2, -0.15) is 9.97 Å². The number of amides is 4. The van der Waals surface area contributed by atoms with E-state index < -0.39 is 25.5 Å². The second-order valence-electron chi connectivity index (χ2n) is 27.5. The van der Waals surface area contributed by atoms with Crippen molar-refractivity contribution in [3.8, 4) is 40.1 Å². The second-order valence-corrected chi connectivity index (χ2v) is 33.1. The minimum Gasteiger partial charge on any atom is -0.495 e. The van der Waals surface area contributed by atoms with E-state index in [1.54, 1.807) is 25.3 Å². The third-order valence-corrected chi connectivity index (χ3v) is 26.9. The molecule has 0 bridgehead atoms. The van der Waals surface area contributed by atoms with E-state index in [0.29, 0.717) is 107 Å². The number of nitrogens with one attached hydrogen (secondary N) is 1. The molecule has 6 aliphatic rings. The highest BCUT2D eigenvalue weighted by Crippen LogP contribution is 2.49. The van der Waals surface area contributed by atoms with Crippen LogP contribution in [0, 0.1) is 34.0 Å². The number of likely N-dealkylation sites (tertiary alicyclic amines) is 1. The maximum atomic E-state index is 18.1. The van der Waals surface area contributed by atoms with Crippen molar-refractivity contribution < 1.29 is 42.8 Å². The van der Waals surface area contributed by atoms with Crippen molar-refractivity contribution in [2.75, 3.05) is 109 Å². The number of ether oxygens (including phenoxy) is 4. The molecule has 2 aliphatic carbocycles. The third kappa shape index (κ3) is 13.2. The van der Waals surface area contributed by atoms with Gasteiger partial charge in [0.05, 0.1) is 25.0 Å². The predicted octanol–water partition coefficient (Wildman–Crippen LogP) is 11.8. The van der Waals surface area contributed by atoms with Gasteiger partial charge in [0.25, 0.3) is 5.91 Å². The van der Waals surface area contributed by atoms with E-state index >= 15 is 4.39 Å². The number of nitrogens with zero attached hydrogens (tertiary/aromatic N) is 7. The Hall–Kier alpha value is -6.36. The molecule has 4 aliphatic heterocycles. The van der Waals surface area contributed by atoms with Crippen LogP contribution in [-0.2, 0) is 9.53 Å². The van der Waals surface area contributed by atoms with E-state index in [-0.39, 0.29) is 53.9 Å². The van der Waals surface area contributed by atoms with Crippen molar-refractivity contribution in [1.82, 2.24) is 30.0 Å². The molecule has 0 radical (unpaired) electrons. The Labute approximate surface area is 514 Å². The normalized spacial score (nSPS) is 21.2. The summed E-state index contributed by atoms with van der Waals surface area (Å²) in [6, 6.07) is 18.6. The SMILES string of the molecule is COCOc1cc(-c2ccc3c(N4CCC[C@@](C)(O)C4)nc(OCC4(CN5CCN(CC6CCC7(CC6)CCN(C(=O)c6ccc(OC)c(N8CCC(=O)NC8=O)c6)CC7)CC5)CC4)nc3c2F)c2c(C#C[Si](C(C)C)(C(C)C)C(C)C)cccc2c1. The molecule has 0 unspecified atom stereocenters. The number of carbonyl (C=O) groups excluding carboxylic acids is 3. The highest BCUT2D eigenvalue weighted by Gasteiger charge is 2.47. The van der Waals surface area contributed by atoms with Crippen molar-refractivity contribution >= 4 is 59.1 Å². The molecule has 6 fully saturated rings. The van der Waals surface area contributed by atoms with Gasteiger partial charge in [0.1, 0.15) is 30.9 Å². The van der Waals surface area contributed by atoms with Crippen LogP contribution in [0.15, 0.2) is 60.7 Å². The summed E-state index contributed by atoms with van der Waals surface area (Å²) in [5, 5.41) is 16.0. The summed E-state index contributed by atoms with van der Waals surface area (Å²) in [5.74, 6) is 5.12. The predicted molar refractivity (Wildman–Crippen MR) is 343 cm³/mol. The molecule has 11 rings (SSSR count). The zero-order valence-electron chi connectivity index (χ0n) is 52.9. The smallest absolute Gasteiger partial charge is 0.328 e. The first-order valence-electron chi connectivity index (χ1n) is 32.1. The fourth-order valence-corrected chi connectivity index (χ4v) is 20.7. The number of aromatic nitrogens is 2. The lowest BCUT2D eigenvalue weighted by Crippen LogP contribution is -2.50. The topological polar surface area (TPSA) is 162 Å². The largest absolute Gasteiger partial charge is 0.495 e. The van der Waals surface area contributed by atoms with Crippen LogP contribution >= 0.6 is 0 Å². The molecule has 87 heavy (non-hydrogen) atoms. The van der Waals surface area contributed by atoms with Crippen molar-refractivity contribution in [1.29, 1.82) is 0 Å². The van der Waals surface area contributed by atoms with E-state index in [4.69, 9.17) is 28.9 Å². The molecule has 4 saturated heterocycles. The summed E-state index contributed by atoms with van der Waals surface area (Å²) in [6.45, 7) is 25.0. The Kier molecular flexibility index (Phi) is 18.3. The average Bonchev–Trinajstić information content (AvgIpc) is 2.01. The van der Waals surface area contributed by atoms with Crippen molar-refractivity contribution in [3.05, 3.63) is 77.6 Å². The molecule has 16 nitrogen and oxygen atoms in total. The fourth-order valence-electron chi connectivity index (χ4n) is 15.5. The lowest BCUT2D eigenvalue weighted by Gasteiger charge is -2.47. The Bertz CT molecular complexity index is 3400. The van der Waals surface area contributed by atoms with Gasteiger partial charge in [0.2, 0.25) is 5.91 Å². The first kappa shape index (κ1) is 62.3. The van der Waals surface area contributed by atoms with Gasteiger partial charge >= 0.3 is 12.0 Å². The summed E-state index contributed by atoms with van der Waals surface area (Å²) in [5.41, 5.74) is 7.59. The third-order valence-electron chi connectivity index (χ3n) is 20.7. The number of piperidine rings is 2. The summed E-state index contributed by atoms with van der Waals surface area (Å²) < 4.78 is 41.7. The van der Waals surface area contributed by atoms with Crippen molar-refractivity contribution in [2.45, 2.75) is 141 Å². The molecule has 2 N–H and O–H groups in total. The minimum atomic E-state index is -2.13. The highest BCUT2D eigenvalue weighted by molar-refractivity contribution is 6.90. The standard InChI is InChI=1S/C69H91FN8O8Si/c1-46(2)87(47(3)4,48(5)6)37-21-50-12-10-13-51-38-53(86-45-83-8)40-56(60(50)51)54-15-16-55-62(61(54)70)72-65(73-63(55)77-29-11-22-67(7,82)42-77)85-44-69(25-26-69)43-75-35-33-74(34-36-75)41-49-18-23-68(24-19-49)27-31-76(32-28-68)64(80)52-14-17-58(84-9)57(39-52)78-30-20-59(79)71-66(78)81/h10,12-17,38-40,46-49,82H,11,18-20,22-36,41-45H2,1-9H3,(H,71,79,81)/t67-/m1/s1. The summed E-state index contributed by atoms with van der Waals surface area (Å²) in [4.78, 5) is 59.2. The number of hydrogen-bond acceptors (Lipinski definition) is 13. The molecular formula is C69H91FN8O8Si. The molecule has 2 saturated carbocycles. The zero-order valence-corrected chi connectivity index (χ0v) is 53.9. The van der Waals surface area contributed by atoms with Gasteiger partial charge in [-0.1, -0.05) is 65.7 Å². The number of fused-ring (bicyclic) bond motifs is 2. The number of imide groups is 1. The van der Waals surface area contributed by atoms with Crippen LogP contribution in [0.2, 0.25) is 16.6 Å². The van der Waals surface area contributed by atoms with Crippen molar-refractivity contribution in [2.24, 2.45) is 16.7 Å². The van der Waals surface area contributed by atoms with Gasteiger partial charge in [0.15, 0.2) is 12.6 Å². The van der Waals surface area contributed by atoms with Gasteiger partial charge in [-0.3, -0.25) is 19.8 Å². The van der Waals surface area contributed by atoms with Gasteiger partial charge in [-0.05, 0) is 153 Å². The van der Waals surface area contributed by atoms with E-state index in [1.807, 2.05) is 48.2 Å². The Balaban J connectivity index is 0.743. The molecular weight excluding hydrogens is 1120 g/mol. The Morgan fingerprint density at radius 3 is 2.21 bits per heavy atom. The van der Waals surface area contributed by atoms with Crippen LogP contribution in [0.3, 0.4) is 0 Å². The Morgan fingerprint density at radius 1 is 0.816 bits per heavy atom. The number of carbonyl (C=O) groups is 3. The van der Waals surface area contributed by atoms with E-state index in [1.165, 1.54) is 37.7 Å². The lowest BCUT2D eigenvalue weighted by molar-refractivity contribution is -0.120. The van der Waals surface area contributed by atoms with Crippen molar-refractivity contribution in [3.63, 3.8) is 0 Å². The molecule has 4 aromatic carbocycles. The molecule has 4 amide bonds. The number of aliphatic hydroxyl groups is 1. The summed E-state index contributed by atoms with van der Waals surface area (Å²) in [6.07, 6.45) is 10.5. The molecule has 1 aromatic heterocycles. The molecule has 18 heteroatoms. The summed E-state index contributed by atoms with van der Waals surface area (Å²) >= 11 is 0. The number of rotatable bonds is 18. The number of halogens is 1. The lowest BCUT2D eigenvalue weighted by atomic mass is 9.65. The monoisotopic (exact) mass is 1210 g/mol. The Morgan fingerprint density at radius 2 is 1.54 bits per heavy atom. The number of benzene rings is 4. The van der Waals surface area contributed by atoms with Gasteiger partial charge in [-0.15, -0.1) is 5.54 Å². The number of urea groups is 1. The number of anilines is 2. The highest BCUT2D eigenvalue weighted by atomic mass is 28.3. The maximum Gasteiger partial charge on any atom is 0.328 e. The van der Waals surface area contributed by atoms with Gasteiger partial charge < -0.3 is 43.7 Å². The van der Waals surface area contributed by atoms with E-state index in [9.17, 15) is 19.5 Å². The molecule has 1 atom stereocenters. The van der Waals surface area contributed by atoms with Crippen LogP contribution in [0.1, 0.15) is 135 Å². The molecule has 5 aromatic rings. The van der Waals surface area contributed by atoms with Crippen LogP contribution in [-0.4, -0.2) is 161 Å². The number of β-amino-alcohol motifs (C(OH)–C–C–N with tert-alkyl or cyclic N) is 1. The molecule has 5 heterocycles. The summed E-state index contributed by atoms with van der Waals surface area (Å²) in [7, 11) is 0.992. The average molecular weight is 1210 g/mol. The van der Waals surface area contributed by atoms with Crippen LogP contribution < -0.4 is 29.3 Å². The first-order valence-corrected chi connectivity index (χ1v) is 34.3. The maximum absolute atomic E-state index is 18.1. The zero-order chi connectivity index (χ0) is 61.4. The van der Waals surface area contributed by atoms with Gasteiger partial charge in [0, 0.05) is 118 Å². The van der Waals surface area contributed by atoms with E-state index in [0.717, 1.165) is 87.7 Å². The van der Waals surface area contributed by atoms with E-state index in [2.05, 4.69) is 79.1 Å². The van der Waals surface area contributed by atoms with Crippen LogP contribution in [0.25, 0.3) is 32.8 Å². The fraction of sp³-hybridized carbons (Fsp3) is 0.580. The first-order chi connectivity index (χ1) is 41.7. The number of methoxy groups -OCH3 is 2. The minimum absolute atomic E-state index is 0.0369. The molecule has 466 valence electrons. The molecule has 1 spiro atoms. The van der Waals surface area contributed by atoms with Crippen LogP contribution in [0.4, 0.5) is 20.7 Å².